The number of amides is 1. The van der Waals surface area contributed by atoms with Crippen LogP contribution in [-0.4, -0.2) is 44.3 Å². The lowest BCUT2D eigenvalue weighted by Gasteiger charge is -2.38. The number of fused-ring (bicyclic) bond motifs is 1. The SMILES string of the molecule is Cl.Cl.NC[C@H]1CC[C@@H](C(=O)N2CCN(CC3CC3)c3ccccc32)O1. The highest BCUT2D eigenvalue weighted by Crippen LogP contribution is 2.38. The van der Waals surface area contributed by atoms with Crippen LogP contribution in [0, 0.1) is 5.92 Å². The van der Waals surface area contributed by atoms with E-state index in [1.165, 1.54) is 18.5 Å². The normalized spacial score (nSPS) is 25.0. The summed E-state index contributed by atoms with van der Waals surface area (Å²) < 4.78 is 5.81. The van der Waals surface area contributed by atoms with Crippen molar-refractivity contribution in [3.8, 4) is 0 Å². The van der Waals surface area contributed by atoms with Crippen molar-refractivity contribution in [1.29, 1.82) is 0 Å². The molecule has 2 fully saturated rings. The standard InChI is InChI=1S/C18H25N3O2.2ClH/c19-11-14-7-8-17(23-14)18(22)21-10-9-20(12-13-5-6-13)15-3-1-2-4-16(15)21;;/h1-4,13-14,17H,5-12,19H2;2*1H/t14-,17+;;/m1../s1. The van der Waals surface area contributed by atoms with E-state index in [4.69, 9.17) is 10.5 Å². The van der Waals surface area contributed by atoms with E-state index < -0.39 is 0 Å². The lowest BCUT2D eigenvalue weighted by molar-refractivity contribution is -0.129. The van der Waals surface area contributed by atoms with Gasteiger partial charge in [0.1, 0.15) is 6.10 Å². The molecule has 0 spiro atoms. The van der Waals surface area contributed by atoms with Crippen molar-refractivity contribution < 1.29 is 9.53 Å². The minimum atomic E-state index is -0.327. The molecule has 1 saturated heterocycles. The summed E-state index contributed by atoms with van der Waals surface area (Å²) in [6.07, 6.45) is 4.07. The van der Waals surface area contributed by atoms with Crippen molar-refractivity contribution in [3.05, 3.63) is 24.3 Å². The average Bonchev–Trinajstić information content (AvgIpc) is 3.27. The number of carbonyl (C=O) groups excluding carboxylic acids is 1. The third-order valence-electron chi connectivity index (χ3n) is 5.19. The second-order valence-electron chi connectivity index (χ2n) is 6.93. The van der Waals surface area contributed by atoms with Crippen LogP contribution in [0.5, 0.6) is 0 Å². The van der Waals surface area contributed by atoms with Gasteiger partial charge in [0.2, 0.25) is 0 Å². The molecule has 2 aliphatic heterocycles. The summed E-state index contributed by atoms with van der Waals surface area (Å²) in [5.74, 6) is 0.938. The van der Waals surface area contributed by atoms with E-state index in [1.807, 2.05) is 11.0 Å². The molecule has 7 heteroatoms. The fourth-order valence-electron chi connectivity index (χ4n) is 3.69. The van der Waals surface area contributed by atoms with Gasteiger partial charge in [-0.2, -0.15) is 0 Å². The maximum atomic E-state index is 12.9. The first kappa shape index (κ1) is 20.3. The van der Waals surface area contributed by atoms with Crippen LogP contribution >= 0.6 is 24.8 Å². The molecule has 0 radical (unpaired) electrons. The number of nitrogens with two attached hydrogens (primary N) is 1. The second-order valence-corrected chi connectivity index (χ2v) is 6.93. The summed E-state index contributed by atoms with van der Waals surface area (Å²) in [5.41, 5.74) is 7.88. The van der Waals surface area contributed by atoms with Crippen molar-refractivity contribution in [3.63, 3.8) is 0 Å². The molecule has 2 atom stereocenters. The number of benzene rings is 1. The molecule has 1 aliphatic carbocycles. The van der Waals surface area contributed by atoms with Gasteiger partial charge in [0, 0.05) is 26.2 Å². The van der Waals surface area contributed by atoms with E-state index in [0.29, 0.717) is 6.54 Å². The first-order chi connectivity index (χ1) is 11.3. The van der Waals surface area contributed by atoms with Crippen molar-refractivity contribution in [1.82, 2.24) is 0 Å². The molecule has 140 valence electrons. The molecule has 0 aromatic heterocycles. The maximum absolute atomic E-state index is 12.9. The molecule has 1 saturated carbocycles. The van der Waals surface area contributed by atoms with Crippen LogP contribution in [0.3, 0.4) is 0 Å². The number of rotatable bonds is 4. The second kappa shape index (κ2) is 8.58. The van der Waals surface area contributed by atoms with E-state index in [0.717, 1.165) is 44.1 Å². The maximum Gasteiger partial charge on any atom is 0.256 e. The molecule has 1 aromatic carbocycles. The van der Waals surface area contributed by atoms with Gasteiger partial charge in [0.25, 0.3) is 5.91 Å². The van der Waals surface area contributed by atoms with E-state index in [1.54, 1.807) is 0 Å². The van der Waals surface area contributed by atoms with E-state index in [2.05, 4.69) is 23.1 Å². The average molecular weight is 388 g/mol. The minimum Gasteiger partial charge on any atom is -0.368 e. The van der Waals surface area contributed by atoms with Gasteiger partial charge in [-0.1, -0.05) is 12.1 Å². The number of carbonyl (C=O) groups is 1. The van der Waals surface area contributed by atoms with Crippen LogP contribution in [0.2, 0.25) is 0 Å². The number of nitrogens with zero attached hydrogens (tertiary/aromatic N) is 2. The Morgan fingerprint density at radius 2 is 1.80 bits per heavy atom. The summed E-state index contributed by atoms with van der Waals surface area (Å²) in [4.78, 5) is 17.3. The minimum absolute atomic E-state index is 0. The van der Waals surface area contributed by atoms with Gasteiger partial charge in [0.05, 0.1) is 17.5 Å². The van der Waals surface area contributed by atoms with Gasteiger partial charge in [-0.3, -0.25) is 4.79 Å². The smallest absolute Gasteiger partial charge is 0.256 e. The summed E-state index contributed by atoms with van der Waals surface area (Å²) in [5, 5.41) is 0. The van der Waals surface area contributed by atoms with Crippen LogP contribution in [0.4, 0.5) is 11.4 Å². The Morgan fingerprint density at radius 1 is 1.08 bits per heavy atom. The molecule has 1 aromatic rings. The Balaban J connectivity index is 0.00000113. The van der Waals surface area contributed by atoms with Crippen molar-refractivity contribution in [2.45, 2.75) is 37.9 Å². The number of anilines is 2. The number of para-hydroxylation sites is 2. The molecular formula is C18H27Cl2N3O2. The summed E-state index contributed by atoms with van der Waals surface area (Å²) >= 11 is 0. The fourth-order valence-corrected chi connectivity index (χ4v) is 3.69. The topological polar surface area (TPSA) is 58.8 Å². The first-order valence-corrected chi connectivity index (χ1v) is 8.77. The molecule has 4 rings (SSSR count). The van der Waals surface area contributed by atoms with Gasteiger partial charge < -0.3 is 20.3 Å². The molecule has 25 heavy (non-hydrogen) atoms. The Bertz CT molecular complexity index is 597. The predicted octanol–water partition coefficient (Wildman–Crippen LogP) is 2.60. The van der Waals surface area contributed by atoms with Gasteiger partial charge in [0.15, 0.2) is 0 Å². The Kier molecular flexibility index (Phi) is 6.97. The van der Waals surface area contributed by atoms with Crippen molar-refractivity contribution >= 4 is 42.1 Å². The van der Waals surface area contributed by atoms with Gasteiger partial charge in [-0.05, 0) is 43.7 Å². The van der Waals surface area contributed by atoms with Gasteiger partial charge >= 0.3 is 0 Å². The fraction of sp³-hybridized carbons (Fsp3) is 0.611. The van der Waals surface area contributed by atoms with Crippen molar-refractivity contribution in [2.75, 3.05) is 36.0 Å². The number of ether oxygens (including phenoxy) is 1. The van der Waals surface area contributed by atoms with E-state index in [-0.39, 0.29) is 42.9 Å². The number of hydrogen-bond donors (Lipinski definition) is 1. The molecular weight excluding hydrogens is 361 g/mol. The third-order valence-corrected chi connectivity index (χ3v) is 5.19. The highest BCUT2D eigenvalue weighted by Gasteiger charge is 2.36. The highest BCUT2D eigenvalue weighted by molar-refractivity contribution is 6.00. The summed E-state index contributed by atoms with van der Waals surface area (Å²) in [7, 11) is 0. The van der Waals surface area contributed by atoms with Crippen molar-refractivity contribution in [2.24, 2.45) is 11.7 Å². The Labute approximate surface area is 161 Å². The molecule has 5 nitrogen and oxygen atoms in total. The molecule has 0 unspecified atom stereocenters. The lowest BCUT2D eigenvalue weighted by Crippen LogP contribution is -2.48. The molecule has 0 bridgehead atoms. The summed E-state index contributed by atoms with van der Waals surface area (Å²) in [6.45, 7) is 3.27. The number of hydrogen-bond acceptors (Lipinski definition) is 4. The monoisotopic (exact) mass is 387 g/mol. The zero-order valence-electron chi connectivity index (χ0n) is 14.3. The molecule has 2 N–H and O–H groups in total. The number of halogens is 2. The molecule has 1 amide bonds. The van der Waals surface area contributed by atoms with Crippen LogP contribution < -0.4 is 15.5 Å². The Hall–Kier alpha value is -1.01. The molecule has 3 aliphatic rings. The highest BCUT2D eigenvalue weighted by atomic mass is 35.5. The van der Waals surface area contributed by atoms with Crippen LogP contribution in [-0.2, 0) is 9.53 Å². The Morgan fingerprint density at radius 3 is 2.44 bits per heavy atom. The zero-order valence-corrected chi connectivity index (χ0v) is 15.9. The van der Waals surface area contributed by atoms with Gasteiger partial charge in [-0.15, -0.1) is 24.8 Å². The van der Waals surface area contributed by atoms with Crippen LogP contribution in [0.1, 0.15) is 25.7 Å². The van der Waals surface area contributed by atoms with E-state index >= 15 is 0 Å². The van der Waals surface area contributed by atoms with Crippen LogP contribution in [0.15, 0.2) is 24.3 Å². The largest absolute Gasteiger partial charge is 0.368 e. The predicted molar refractivity (Wildman–Crippen MR) is 105 cm³/mol. The quantitative estimate of drug-likeness (QED) is 0.862. The van der Waals surface area contributed by atoms with Crippen LogP contribution in [0.25, 0.3) is 0 Å². The first-order valence-electron chi connectivity index (χ1n) is 8.77. The van der Waals surface area contributed by atoms with Gasteiger partial charge in [-0.25, -0.2) is 0 Å². The molecule has 2 heterocycles. The zero-order chi connectivity index (χ0) is 15.8. The summed E-state index contributed by atoms with van der Waals surface area (Å²) in [6, 6.07) is 8.26. The third kappa shape index (κ3) is 4.22. The lowest BCUT2D eigenvalue weighted by atomic mass is 10.1. The van der Waals surface area contributed by atoms with E-state index in [9.17, 15) is 4.79 Å².